The fourth-order valence-electron chi connectivity index (χ4n) is 3.18. The van der Waals surface area contributed by atoms with Crippen LogP contribution in [0.25, 0.3) is 0 Å². The van der Waals surface area contributed by atoms with Gasteiger partial charge in [0.1, 0.15) is 11.9 Å². The summed E-state index contributed by atoms with van der Waals surface area (Å²) in [6.45, 7) is 4.16. The minimum atomic E-state index is -0.928. The van der Waals surface area contributed by atoms with Crippen LogP contribution in [0.1, 0.15) is 20.3 Å². The van der Waals surface area contributed by atoms with Crippen molar-refractivity contribution in [2.24, 2.45) is 5.92 Å². The van der Waals surface area contributed by atoms with Crippen molar-refractivity contribution in [3.05, 3.63) is 59.4 Å². The molecule has 0 bridgehead atoms. The van der Waals surface area contributed by atoms with E-state index in [1.807, 2.05) is 13.8 Å². The molecule has 8 heteroatoms. The van der Waals surface area contributed by atoms with Gasteiger partial charge in [0.15, 0.2) is 0 Å². The Morgan fingerprint density at radius 2 is 1.72 bits per heavy atom. The summed E-state index contributed by atoms with van der Waals surface area (Å²) >= 11 is 5.84. The zero-order valence-electron chi connectivity index (χ0n) is 16.1. The van der Waals surface area contributed by atoms with Crippen molar-refractivity contribution in [2.75, 3.05) is 16.8 Å². The van der Waals surface area contributed by atoms with Crippen LogP contribution in [0.3, 0.4) is 0 Å². The van der Waals surface area contributed by atoms with Crippen LogP contribution >= 0.6 is 11.6 Å². The SMILES string of the molecule is CC(C)CN1C(=O)N(c2ccc(F)cc2)C(=O)C1CC(=O)Nc1ccc(Cl)cc1. The highest BCUT2D eigenvalue weighted by Crippen LogP contribution is 2.28. The molecular weight excluding hydrogens is 397 g/mol. The Morgan fingerprint density at radius 3 is 2.31 bits per heavy atom. The summed E-state index contributed by atoms with van der Waals surface area (Å²) in [5, 5.41) is 3.25. The second kappa shape index (κ2) is 8.61. The van der Waals surface area contributed by atoms with Gasteiger partial charge in [0.2, 0.25) is 5.91 Å². The number of benzene rings is 2. The number of urea groups is 1. The van der Waals surface area contributed by atoms with E-state index in [0.717, 1.165) is 4.90 Å². The number of nitrogens with one attached hydrogen (secondary N) is 1. The zero-order chi connectivity index (χ0) is 21.1. The molecule has 0 spiro atoms. The molecule has 0 aliphatic carbocycles. The van der Waals surface area contributed by atoms with Crippen molar-refractivity contribution >= 4 is 40.8 Å². The van der Waals surface area contributed by atoms with Gasteiger partial charge < -0.3 is 10.2 Å². The monoisotopic (exact) mass is 417 g/mol. The zero-order valence-corrected chi connectivity index (χ0v) is 16.8. The molecule has 1 unspecified atom stereocenters. The molecular formula is C21H21ClFN3O3. The summed E-state index contributed by atoms with van der Waals surface area (Å²) < 4.78 is 13.2. The van der Waals surface area contributed by atoms with Crippen LogP contribution in [0.5, 0.6) is 0 Å². The van der Waals surface area contributed by atoms with Gasteiger partial charge in [0, 0.05) is 17.3 Å². The molecule has 1 aliphatic heterocycles. The lowest BCUT2D eigenvalue weighted by Crippen LogP contribution is -2.40. The summed E-state index contributed by atoms with van der Waals surface area (Å²) in [6.07, 6.45) is -0.183. The molecule has 1 saturated heterocycles. The van der Waals surface area contributed by atoms with E-state index in [1.54, 1.807) is 24.3 Å². The number of carbonyl (C=O) groups is 3. The number of hydrogen-bond donors (Lipinski definition) is 1. The van der Waals surface area contributed by atoms with Crippen LogP contribution in [-0.4, -0.2) is 35.3 Å². The molecule has 152 valence electrons. The van der Waals surface area contributed by atoms with Crippen molar-refractivity contribution in [3.63, 3.8) is 0 Å². The van der Waals surface area contributed by atoms with Crippen LogP contribution in [0, 0.1) is 11.7 Å². The fourth-order valence-corrected chi connectivity index (χ4v) is 3.31. The van der Waals surface area contributed by atoms with E-state index in [-0.39, 0.29) is 18.0 Å². The first-order valence-corrected chi connectivity index (χ1v) is 9.59. The van der Waals surface area contributed by atoms with E-state index in [2.05, 4.69) is 5.32 Å². The summed E-state index contributed by atoms with van der Waals surface area (Å²) in [6, 6.07) is 10.3. The summed E-state index contributed by atoms with van der Waals surface area (Å²) in [7, 11) is 0. The second-order valence-corrected chi connectivity index (χ2v) is 7.69. The number of imide groups is 1. The first-order valence-electron chi connectivity index (χ1n) is 9.22. The smallest absolute Gasteiger partial charge is 0.326 e. The Kier molecular flexibility index (Phi) is 6.17. The highest BCUT2D eigenvalue weighted by atomic mass is 35.5. The average molecular weight is 418 g/mol. The molecule has 1 fully saturated rings. The molecule has 3 rings (SSSR count). The molecule has 2 aromatic rings. The molecule has 1 atom stereocenters. The molecule has 0 radical (unpaired) electrons. The molecule has 6 nitrogen and oxygen atoms in total. The van der Waals surface area contributed by atoms with E-state index >= 15 is 0 Å². The normalized spacial score (nSPS) is 16.7. The molecule has 0 aromatic heterocycles. The van der Waals surface area contributed by atoms with Crippen LogP contribution < -0.4 is 10.2 Å². The van der Waals surface area contributed by atoms with Crippen molar-refractivity contribution < 1.29 is 18.8 Å². The third kappa shape index (κ3) is 4.74. The maximum absolute atomic E-state index is 13.2. The van der Waals surface area contributed by atoms with Gasteiger partial charge in [-0.2, -0.15) is 0 Å². The Bertz CT molecular complexity index is 916. The third-order valence-corrected chi connectivity index (χ3v) is 4.72. The van der Waals surface area contributed by atoms with Crippen LogP contribution in [-0.2, 0) is 9.59 Å². The highest BCUT2D eigenvalue weighted by molar-refractivity contribution is 6.30. The van der Waals surface area contributed by atoms with Gasteiger partial charge in [-0.05, 0) is 54.4 Å². The Hall–Kier alpha value is -2.93. The molecule has 1 N–H and O–H groups in total. The number of rotatable bonds is 6. The number of anilines is 2. The molecule has 0 saturated carbocycles. The van der Waals surface area contributed by atoms with Crippen molar-refractivity contribution in [1.29, 1.82) is 0 Å². The summed E-state index contributed by atoms with van der Waals surface area (Å²) in [5.41, 5.74) is 0.817. The number of amides is 4. The lowest BCUT2D eigenvalue weighted by molar-refractivity contribution is -0.124. The van der Waals surface area contributed by atoms with Crippen LogP contribution in [0.4, 0.5) is 20.6 Å². The number of carbonyl (C=O) groups excluding carboxylic acids is 3. The van der Waals surface area contributed by atoms with E-state index in [4.69, 9.17) is 11.6 Å². The van der Waals surface area contributed by atoms with E-state index in [0.29, 0.717) is 17.3 Å². The van der Waals surface area contributed by atoms with Gasteiger partial charge in [-0.25, -0.2) is 14.1 Å². The van der Waals surface area contributed by atoms with E-state index in [9.17, 15) is 18.8 Å². The van der Waals surface area contributed by atoms with Crippen molar-refractivity contribution in [3.8, 4) is 0 Å². The summed E-state index contributed by atoms with van der Waals surface area (Å²) in [5.74, 6) is -1.27. The lowest BCUT2D eigenvalue weighted by atomic mass is 10.1. The van der Waals surface area contributed by atoms with Gasteiger partial charge >= 0.3 is 6.03 Å². The number of hydrogen-bond acceptors (Lipinski definition) is 3. The predicted molar refractivity (Wildman–Crippen MR) is 109 cm³/mol. The first kappa shape index (κ1) is 20.8. The van der Waals surface area contributed by atoms with Crippen LogP contribution in [0.15, 0.2) is 48.5 Å². The predicted octanol–water partition coefficient (Wildman–Crippen LogP) is 4.30. The quantitative estimate of drug-likeness (QED) is 0.712. The fraction of sp³-hybridized carbons (Fsp3) is 0.286. The Balaban J connectivity index is 1.81. The lowest BCUT2D eigenvalue weighted by Gasteiger charge is -2.23. The maximum Gasteiger partial charge on any atom is 0.332 e. The minimum Gasteiger partial charge on any atom is -0.326 e. The number of nitrogens with zero attached hydrogens (tertiary/aromatic N) is 2. The van der Waals surface area contributed by atoms with Crippen molar-refractivity contribution in [1.82, 2.24) is 4.90 Å². The van der Waals surface area contributed by atoms with E-state index < -0.39 is 29.7 Å². The summed E-state index contributed by atoms with van der Waals surface area (Å²) in [4.78, 5) is 40.8. The molecule has 2 aromatic carbocycles. The van der Waals surface area contributed by atoms with E-state index in [1.165, 1.54) is 29.2 Å². The van der Waals surface area contributed by atoms with Crippen molar-refractivity contribution in [2.45, 2.75) is 26.3 Å². The molecule has 29 heavy (non-hydrogen) atoms. The van der Waals surface area contributed by atoms with Gasteiger partial charge in [-0.3, -0.25) is 9.59 Å². The van der Waals surface area contributed by atoms with Gasteiger partial charge in [0.25, 0.3) is 5.91 Å². The average Bonchev–Trinajstić information content (AvgIpc) is 2.88. The highest BCUT2D eigenvalue weighted by Gasteiger charge is 2.46. The second-order valence-electron chi connectivity index (χ2n) is 7.25. The maximum atomic E-state index is 13.2. The Morgan fingerprint density at radius 1 is 1.10 bits per heavy atom. The standard InChI is InChI=1S/C21H21ClFN3O3/c1-13(2)12-25-18(11-19(27)24-16-7-3-14(22)4-8-16)20(28)26(21(25)29)17-9-5-15(23)6-10-17/h3-10,13,18H,11-12H2,1-2H3,(H,24,27). The largest absolute Gasteiger partial charge is 0.332 e. The number of halogens is 2. The van der Waals surface area contributed by atoms with Crippen LogP contribution in [0.2, 0.25) is 5.02 Å². The molecule has 1 heterocycles. The topological polar surface area (TPSA) is 69.7 Å². The van der Waals surface area contributed by atoms with Gasteiger partial charge in [-0.15, -0.1) is 0 Å². The molecule has 4 amide bonds. The molecule has 1 aliphatic rings. The van der Waals surface area contributed by atoms with Gasteiger partial charge in [-0.1, -0.05) is 25.4 Å². The van der Waals surface area contributed by atoms with Gasteiger partial charge in [0.05, 0.1) is 12.1 Å². The third-order valence-electron chi connectivity index (χ3n) is 4.47. The first-order chi connectivity index (χ1) is 13.8. The Labute approximate surface area is 173 Å². The minimum absolute atomic E-state index is 0.0988.